The van der Waals surface area contributed by atoms with Gasteiger partial charge >= 0.3 is 0 Å². The predicted octanol–water partition coefficient (Wildman–Crippen LogP) is 2.80. The van der Waals surface area contributed by atoms with Crippen molar-refractivity contribution in [3.05, 3.63) is 0 Å². The molecule has 116 valence electrons. The van der Waals surface area contributed by atoms with Gasteiger partial charge in [-0.05, 0) is 44.9 Å². The Morgan fingerprint density at radius 1 is 1.20 bits per heavy atom. The van der Waals surface area contributed by atoms with Gasteiger partial charge in [0.1, 0.15) is 0 Å². The Balaban J connectivity index is 1.67. The highest BCUT2D eigenvalue weighted by Gasteiger charge is 2.51. The van der Waals surface area contributed by atoms with Crippen LogP contribution in [0.25, 0.3) is 0 Å². The van der Waals surface area contributed by atoms with E-state index in [4.69, 9.17) is 4.74 Å². The molecule has 0 aromatic rings. The Hall–Kier alpha value is -0.120. The zero-order chi connectivity index (χ0) is 14.1. The zero-order valence-electron chi connectivity index (χ0n) is 13.4. The van der Waals surface area contributed by atoms with Crippen LogP contribution in [0.3, 0.4) is 0 Å². The van der Waals surface area contributed by atoms with Crippen LogP contribution in [0.1, 0.15) is 58.3 Å². The minimum atomic E-state index is 0.399. The summed E-state index contributed by atoms with van der Waals surface area (Å²) in [5, 5.41) is 3.99. The normalized spacial score (nSPS) is 34.5. The average Bonchev–Trinajstić information content (AvgIpc) is 3.29. The van der Waals surface area contributed by atoms with Crippen LogP contribution in [-0.2, 0) is 4.74 Å². The van der Waals surface area contributed by atoms with E-state index in [1.165, 1.54) is 71.0 Å². The van der Waals surface area contributed by atoms with Gasteiger partial charge in [-0.2, -0.15) is 0 Å². The van der Waals surface area contributed by atoms with Crippen LogP contribution >= 0.6 is 0 Å². The minimum Gasteiger partial charge on any atom is -0.385 e. The number of methoxy groups -OCH3 is 1. The number of rotatable bonds is 5. The third kappa shape index (κ3) is 2.90. The summed E-state index contributed by atoms with van der Waals surface area (Å²) in [5.74, 6) is 0.929. The lowest BCUT2D eigenvalue weighted by Crippen LogP contribution is -2.70. The molecule has 3 aliphatic rings. The molecule has 1 atom stereocenters. The van der Waals surface area contributed by atoms with Crippen LogP contribution in [0.2, 0.25) is 0 Å². The topological polar surface area (TPSA) is 24.5 Å². The molecule has 1 spiro atoms. The highest BCUT2D eigenvalue weighted by molar-refractivity contribution is 5.09. The molecule has 3 heteroatoms. The summed E-state index contributed by atoms with van der Waals surface area (Å²) in [5.41, 5.74) is 0.830. The second-order valence-electron chi connectivity index (χ2n) is 7.59. The molecule has 1 heterocycles. The van der Waals surface area contributed by atoms with E-state index >= 15 is 0 Å². The number of nitrogens with zero attached hydrogens (tertiary/aromatic N) is 1. The van der Waals surface area contributed by atoms with Crippen molar-refractivity contribution in [2.75, 3.05) is 33.4 Å². The highest BCUT2D eigenvalue weighted by Crippen LogP contribution is 2.46. The van der Waals surface area contributed by atoms with E-state index < -0.39 is 0 Å². The molecule has 2 saturated carbocycles. The van der Waals surface area contributed by atoms with Gasteiger partial charge in [-0.1, -0.05) is 19.3 Å². The van der Waals surface area contributed by atoms with Gasteiger partial charge in [0.15, 0.2) is 0 Å². The van der Waals surface area contributed by atoms with E-state index in [1.54, 1.807) is 0 Å². The quantitative estimate of drug-likeness (QED) is 0.784. The Morgan fingerprint density at radius 3 is 2.60 bits per heavy atom. The molecule has 0 aromatic carbocycles. The van der Waals surface area contributed by atoms with Crippen LogP contribution < -0.4 is 5.32 Å². The lowest BCUT2D eigenvalue weighted by atomic mass is 9.76. The first kappa shape index (κ1) is 14.8. The van der Waals surface area contributed by atoms with Crippen LogP contribution in [0.5, 0.6) is 0 Å². The van der Waals surface area contributed by atoms with Crippen molar-refractivity contribution >= 4 is 0 Å². The van der Waals surface area contributed by atoms with Gasteiger partial charge in [0.2, 0.25) is 0 Å². The van der Waals surface area contributed by atoms with Crippen molar-refractivity contribution in [1.82, 2.24) is 10.2 Å². The van der Waals surface area contributed by atoms with Gasteiger partial charge in [-0.3, -0.25) is 4.90 Å². The molecule has 0 bridgehead atoms. The Bertz CT molecular complexity index is 323. The second kappa shape index (κ2) is 5.94. The van der Waals surface area contributed by atoms with Crippen molar-refractivity contribution in [3.63, 3.8) is 0 Å². The number of hydrogen-bond donors (Lipinski definition) is 1. The van der Waals surface area contributed by atoms with Crippen molar-refractivity contribution in [2.24, 2.45) is 5.92 Å². The summed E-state index contributed by atoms with van der Waals surface area (Å²) in [4.78, 5) is 2.82. The predicted molar refractivity (Wildman–Crippen MR) is 83.0 cm³/mol. The summed E-state index contributed by atoms with van der Waals surface area (Å²) in [6.07, 6.45) is 11.1. The SMILES string of the molecule is COCCCN1CC2(CCCCC2)NCC1(C)C1CC1. The summed E-state index contributed by atoms with van der Waals surface area (Å²) in [6.45, 7) is 7.08. The van der Waals surface area contributed by atoms with E-state index in [0.29, 0.717) is 11.1 Å². The third-order valence-electron chi connectivity index (χ3n) is 6.08. The van der Waals surface area contributed by atoms with Gasteiger partial charge in [-0.25, -0.2) is 0 Å². The molecule has 0 radical (unpaired) electrons. The van der Waals surface area contributed by atoms with E-state index in [1.807, 2.05) is 7.11 Å². The van der Waals surface area contributed by atoms with Gasteiger partial charge in [-0.15, -0.1) is 0 Å². The van der Waals surface area contributed by atoms with Crippen LogP contribution in [0.15, 0.2) is 0 Å². The molecule has 2 aliphatic carbocycles. The first-order valence-corrected chi connectivity index (χ1v) is 8.68. The molecule has 1 unspecified atom stereocenters. The summed E-state index contributed by atoms with van der Waals surface area (Å²) in [7, 11) is 1.82. The van der Waals surface area contributed by atoms with Gasteiger partial charge in [0, 0.05) is 44.4 Å². The van der Waals surface area contributed by atoms with Crippen LogP contribution in [0.4, 0.5) is 0 Å². The summed E-state index contributed by atoms with van der Waals surface area (Å²) < 4.78 is 5.27. The van der Waals surface area contributed by atoms with Crippen LogP contribution in [-0.4, -0.2) is 49.3 Å². The number of ether oxygens (including phenoxy) is 1. The number of hydrogen-bond acceptors (Lipinski definition) is 3. The molecule has 0 amide bonds. The Labute approximate surface area is 124 Å². The lowest BCUT2D eigenvalue weighted by Gasteiger charge is -2.55. The van der Waals surface area contributed by atoms with Gasteiger partial charge < -0.3 is 10.1 Å². The molecular formula is C17H32N2O. The van der Waals surface area contributed by atoms with E-state index in [9.17, 15) is 0 Å². The van der Waals surface area contributed by atoms with E-state index in [2.05, 4.69) is 17.1 Å². The van der Waals surface area contributed by atoms with Crippen molar-refractivity contribution in [2.45, 2.75) is 69.4 Å². The molecule has 3 fully saturated rings. The third-order valence-corrected chi connectivity index (χ3v) is 6.08. The summed E-state index contributed by atoms with van der Waals surface area (Å²) in [6, 6.07) is 0. The average molecular weight is 280 g/mol. The van der Waals surface area contributed by atoms with Gasteiger partial charge in [0.05, 0.1) is 0 Å². The molecule has 3 rings (SSSR count). The van der Waals surface area contributed by atoms with Crippen molar-refractivity contribution in [3.8, 4) is 0 Å². The summed E-state index contributed by atoms with van der Waals surface area (Å²) >= 11 is 0. The fraction of sp³-hybridized carbons (Fsp3) is 1.00. The van der Waals surface area contributed by atoms with Crippen molar-refractivity contribution < 1.29 is 4.74 Å². The molecule has 0 aromatic heterocycles. The second-order valence-corrected chi connectivity index (χ2v) is 7.59. The molecule has 3 nitrogen and oxygen atoms in total. The lowest BCUT2D eigenvalue weighted by molar-refractivity contribution is -0.0157. The smallest absolute Gasteiger partial charge is 0.0474 e. The standard InChI is InChI=1S/C17H32N2O/c1-16(15-7-8-15)13-18-17(9-4-3-5-10-17)14-19(16)11-6-12-20-2/h15,18H,3-14H2,1-2H3. The molecule has 1 saturated heterocycles. The van der Waals surface area contributed by atoms with Crippen LogP contribution in [0, 0.1) is 5.92 Å². The number of nitrogens with one attached hydrogen (secondary N) is 1. The van der Waals surface area contributed by atoms with E-state index in [-0.39, 0.29) is 0 Å². The molecule has 20 heavy (non-hydrogen) atoms. The maximum absolute atomic E-state index is 5.27. The largest absolute Gasteiger partial charge is 0.385 e. The monoisotopic (exact) mass is 280 g/mol. The molecular weight excluding hydrogens is 248 g/mol. The van der Waals surface area contributed by atoms with Gasteiger partial charge in [0.25, 0.3) is 0 Å². The fourth-order valence-corrected chi connectivity index (χ4v) is 4.49. The van der Waals surface area contributed by atoms with E-state index in [0.717, 1.165) is 12.5 Å². The Kier molecular flexibility index (Phi) is 4.40. The minimum absolute atomic E-state index is 0.399. The highest BCUT2D eigenvalue weighted by atomic mass is 16.5. The fourth-order valence-electron chi connectivity index (χ4n) is 4.49. The first-order valence-electron chi connectivity index (χ1n) is 8.68. The number of piperazine rings is 1. The molecule has 1 N–H and O–H groups in total. The first-order chi connectivity index (χ1) is 9.69. The maximum atomic E-state index is 5.27. The van der Waals surface area contributed by atoms with Crippen molar-refractivity contribution in [1.29, 1.82) is 0 Å². The maximum Gasteiger partial charge on any atom is 0.0474 e. The zero-order valence-corrected chi connectivity index (χ0v) is 13.4. The molecule has 1 aliphatic heterocycles. The Morgan fingerprint density at radius 2 is 1.95 bits per heavy atom.